The number of aliphatic carboxylic acids is 1. The number of carbonyl (C=O) groups excluding carboxylic acids is 1. The van der Waals surface area contributed by atoms with E-state index >= 15 is 0 Å². The molecule has 1 rings (SSSR count). The van der Waals surface area contributed by atoms with Crippen LogP contribution < -0.4 is 5.32 Å². The van der Waals surface area contributed by atoms with E-state index in [1.807, 2.05) is 0 Å². The molecule has 7 heteroatoms. The lowest BCUT2D eigenvalue weighted by atomic mass is 9.93. The van der Waals surface area contributed by atoms with Crippen LogP contribution in [0.25, 0.3) is 0 Å². The fourth-order valence-corrected chi connectivity index (χ4v) is 1.78. The Kier molecular flexibility index (Phi) is 5.73. The van der Waals surface area contributed by atoms with Gasteiger partial charge < -0.3 is 10.4 Å². The predicted molar refractivity (Wildman–Crippen MR) is 74.4 cm³/mol. The van der Waals surface area contributed by atoms with Gasteiger partial charge in [-0.2, -0.15) is 13.2 Å². The molecule has 0 aliphatic heterocycles. The van der Waals surface area contributed by atoms with Crippen molar-refractivity contribution in [2.45, 2.75) is 31.5 Å². The molecule has 4 nitrogen and oxygen atoms in total. The van der Waals surface area contributed by atoms with E-state index in [0.29, 0.717) is 6.42 Å². The van der Waals surface area contributed by atoms with Gasteiger partial charge in [0.05, 0.1) is 0 Å². The Morgan fingerprint density at radius 3 is 2.23 bits per heavy atom. The summed E-state index contributed by atoms with van der Waals surface area (Å²) in [6.07, 6.45) is -3.04. The van der Waals surface area contributed by atoms with E-state index in [4.69, 9.17) is 5.11 Å². The van der Waals surface area contributed by atoms with Crippen molar-refractivity contribution in [3.63, 3.8) is 0 Å². The van der Waals surface area contributed by atoms with E-state index in [1.54, 1.807) is 18.3 Å². The van der Waals surface area contributed by atoms with Crippen LogP contribution in [0.3, 0.4) is 0 Å². The average molecular weight is 315 g/mol. The van der Waals surface area contributed by atoms with Crippen LogP contribution in [0.15, 0.2) is 42.5 Å². The van der Waals surface area contributed by atoms with Crippen LogP contribution >= 0.6 is 0 Å². The van der Waals surface area contributed by atoms with E-state index in [1.165, 1.54) is 30.3 Å². The summed E-state index contributed by atoms with van der Waals surface area (Å²) >= 11 is 0. The smallest absolute Gasteiger partial charge is 0.422 e. The van der Waals surface area contributed by atoms with Crippen molar-refractivity contribution in [1.29, 1.82) is 0 Å². The van der Waals surface area contributed by atoms with Crippen molar-refractivity contribution in [1.82, 2.24) is 5.32 Å². The number of allylic oxidation sites excluding steroid dienone is 1. The summed E-state index contributed by atoms with van der Waals surface area (Å²) < 4.78 is 39.9. The van der Waals surface area contributed by atoms with Gasteiger partial charge >= 0.3 is 12.1 Å². The minimum atomic E-state index is -5.14. The predicted octanol–water partition coefficient (Wildman–Crippen LogP) is 3.16. The summed E-state index contributed by atoms with van der Waals surface area (Å²) in [6, 6.07) is 7.15. The second kappa shape index (κ2) is 7.11. The van der Waals surface area contributed by atoms with Gasteiger partial charge in [-0.25, -0.2) is 4.79 Å². The number of nitrogens with one attached hydrogen (secondary N) is 1. The van der Waals surface area contributed by atoms with Crippen molar-refractivity contribution < 1.29 is 27.9 Å². The molecule has 0 radical (unpaired) electrons. The Labute approximate surface area is 125 Å². The normalized spacial score (nSPS) is 14.5. The Hall–Kier alpha value is -2.31. The highest BCUT2D eigenvalue weighted by molar-refractivity contribution is 5.98. The second-order valence-electron chi connectivity index (χ2n) is 4.61. The van der Waals surface area contributed by atoms with Crippen molar-refractivity contribution in [2.24, 2.45) is 0 Å². The quantitative estimate of drug-likeness (QED) is 0.793. The van der Waals surface area contributed by atoms with Gasteiger partial charge in [-0.15, -0.1) is 0 Å². The largest absolute Gasteiger partial charge is 0.479 e. The lowest BCUT2D eigenvalue weighted by Gasteiger charge is -2.31. The number of carboxylic acids is 1. The number of hydrogen-bond acceptors (Lipinski definition) is 2. The zero-order valence-electron chi connectivity index (χ0n) is 11.9. The van der Waals surface area contributed by atoms with Gasteiger partial charge in [-0.3, -0.25) is 4.79 Å². The summed E-state index contributed by atoms with van der Waals surface area (Å²) in [5, 5.41) is 10.7. The molecular weight excluding hydrogens is 299 g/mol. The number of alkyl halides is 3. The molecule has 1 unspecified atom stereocenters. The molecule has 0 fully saturated rings. The summed E-state index contributed by atoms with van der Waals surface area (Å²) in [6.45, 7) is 1.70. The first kappa shape index (κ1) is 17.7. The molecule has 0 aliphatic carbocycles. The monoisotopic (exact) mass is 315 g/mol. The molecule has 0 saturated heterocycles. The summed E-state index contributed by atoms with van der Waals surface area (Å²) in [7, 11) is 0. The maximum atomic E-state index is 13.3. The number of rotatable bonds is 6. The third kappa shape index (κ3) is 3.87. The van der Waals surface area contributed by atoms with E-state index in [9.17, 15) is 22.8 Å². The number of carboxylic acid groups (broad SMARTS) is 1. The molecule has 0 saturated carbocycles. The van der Waals surface area contributed by atoms with E-state index < -0.39 is 30.0 Å². The molecule has 0 aromatic heterocycles. The lowest BCUT2D eigenvalue weighted by Crippen LogP contribution is -2.63. The van der Waals surface area contributed by atoms with Crippen LogP contribution in [0.2, 0.25) is 0 Å². The van der Waals surface area contributed by atoms with Crippen LogP contribution in [0.5, 0.6) is 0 Å². The number of halogens is 3. The Bertz CT molecular complexity index is 555. The number of benzene rings is 1. The summed E-state index contributed by atoms with van der Waals surface area (Å²) in [5.41, 5.74) is -3.40. The maximum Gasteiger partial charge on any atom is 0.422 e. The first-order chi connectivity index (χ1) is 10.2. The molecule has 1 aromatic rings. The number of carbonyl (C=O) groups is 2. The van der Waals surface area contributed by atoms with Crippen LogP contribution in [-0.4, -0.2) is 28.7 Å². The van der Waals surface area contributed by atoms with Gasteiger partial charge in [0.15, 0.2) is 0 Å². The highest BCUT2D eigenvalue weighted by Gasteiger charge is 2.61. The van der Waals surface area contributed by atoms with Crippen LogP contribution in [0.1, 0.15) is 30.1 Å². The van der Waals surface area contributed by atoms with Crippen molar-refractivity contribution in [3.05, 3.63) is 48.0 Å². The molecule has 0 heterocycles. The Morgan fingerprint density at radius 1 is 1.18 bits per heavy atom. The third-order valence-electron chi connectivity index (χ3n) is 3.04. The lowest BCUT2D eigenvalue weighted by molar-refractivity contribution is -0.207. The molecular formula is C15H16F3NO3. The van der Waals surface area contributed by atoms with Gasteiger partial charge in [0.1, 0.15) is 0 Å². The van der Waals surface area contributed by atoms with Gasteiger partial charge in [0, 0.05) is 12.0 Å². The van der Waals surface area contributed by atoms with Crippen molar-refractivity contribution in [2.75, 3.05) is 0 Å². The molecule has 0 aliphatic rings. The van der Waals surface area contributed by atoms with Gasteiger partial charge in [-0.1, -0.05) is 37.3 Å². The van der Waals surface area contributed by atoms with E-state index in [2.05, 4.69) is 0 Å². The molecule has 1 atom stereocenters. The number of hydrogen-bond donors (Lipinski definition) is 2. The topological polar surface area (TPSA) is 66.4 Å². The highest BCUT2D eigenvalue weighted by Crippen LogP contribution is 2.34. The highest BCUT2D eigenvalue weighted by atomic mass is 19.4. The Balaban J connectivity index is 3.17. The molecule has 0 spiro atoms. The zero-order chi connectivity index (χ0) is 16.8. The molecule has 0 bridgehead atoms. The van der Waals surface area contributed by atoms with Gasteiger partial charge in [0.25, 0.3) is 5.91 Å². The van der Waals surface area contributed by atoms with E-state index in [-0.39, 0.29) is 5.56 Å². The summed E-state index contributed by atoms with van der Waals surface area (Å²) in [5.74, 6) is -3.24. The standard InChI is InChI=1S/C15H16F3NO3/c1-2-3-7-10-14(13(21)22,15(16,17)18)19-12(20)11-8-5-4-6-9-11/h3-9H,2,10H2,1H3,(H,19,20)(H,21,22). The minimum Gasteiger partial charge on any atom is -0.479 e. The zero-order valence-corrected chi connectivity index (χ0v) is 11.9. The van der Waals surface area contributed by atoms with E-state index in [0.717, 1.165) is 6.08 Å². The minimum absolute atomic E-state index is 0.0446. The number of amides is 1. The third-order valence-corrected chi connectivity index (χ3v) is 3.04. The second-order valence-corrected chi connectivity index (χ2v) is 4.61. The average Bonchev–Trinajstić information content (AvgIpc) is 2.45. The van der Waals surface area contributed by atoms with Gasteiger partial charge in [0.2, 0.25) is 5.54 Å². The first-order valence-corrected chi connectivity index (χ1v) is 6.57. The molecule has 2 N–H and O–H groups in total. The Morgan fingerprint density at radius 2 is 1.77 bits per heavy atom. The fourth-order valence-electron chi connectivity index (χ4n) is 1.78. The first-order valence-electron chi connectivity index (χ1n) is 6.57. The fraction of sp³-hybridized carbons (Fsp3) is 0.333. The maximum absolute atomic E-state index is 13.3. The SMILES string of the molecule is CCC=CCC(NC(=O)c1ccccc1)(C(=O)O)C(F)(F)F. The van der Waals surface area contributed by atoms with Crippen LogP contribution in [-0.2, 0) is 4.79 Å². The summed E-state index contributed by atoms with van der Waals surface area (Å²) in [4.78, 5) is 23.2. The van der Waals surface area contributed by atoms with Gasteiger partial charge in [-0.05, 0) is 18.6 Å². The van der Waals surface area contributed by atoms with Crippen molar-refractivity contribution >= 4 is 11.9 Å². The molecule has 22 heavy (non-hydrogen) atoms. The molecule has 1 amide bonds. The molecule has 120 valence electrons. The van der Waals surface area contributed by atoms with Crippen molar-refractivity contribution in [3.8, 4) is 0 Å². The molecule has 1 aromatic carbocycles. The van der Waals surface area contributed by atoms with Crippen LogP contribution in [0, 0.1) is 0 Å². The van der Waals surface area contributed by atoms with Crippen LogP contribution in [0.4, 0.5) is 13.2 Å².